The zero-order valence-electron chi connectivity index (χ0n) is 15.0. The lowest BCUT2D eigenvalue weighted by atomic mass is 9.99. The zero-order valence-corrected chi connectivity index (χ0v) is 15.8. The Morgan fingerprint density at radius 1 is 1.19 bits per heavy atom. The Balaban J connectivity index is 1.47. The van der Waals surface area contributed by atoms with E-state index in [1.807, 2.05) is 7.05 Å². The molecule has 0 saturated carbocycles. The molecule has 0 amide bonds. The lowest BCUT2D eigenvalue weighted by molar-refractivity contribution is 0.184. The minimum atomic E-state index is -1.37. The van der Waals surface area contributed by atoms with Crippen LogP contribution in [0.4, 0.5) is 5.69 Å². The molecule has 2 aliphatic carbocycles. The number of anilines is 1. The number of likely N-dealkylation sites (N-methyl/N-ethyl adjacent to an activating group) is 1. The first-order chi connectivity index (χ1) is 12.7. The molecule has 3 aliphatic rings. The van der Waals surface area contributed by atoms with E-state index in [1.165, 1.54) is 35.1 Å². The molecule has 7 heteroatoms. The zero-order chi connectivity index (χ0) is 17.7. The van der Waals surface area contributed by atoms with Gasteiger partial charge in [0.2, 0.25) is 5.88 Å². The molecule has 0 bridgehead atoms. The van der Waals surface area contributed by atoms with Gasteiger partial charge in [-0.2, -0.15) is 5.10 Å². The van der Waals surface area contributed by atoms with Crippen molar-refractivity contribution in [2.24, 2.45) is 0 Å². The van der Waals surface area contributed by atoms with Crippen molar-refractivity contribution >= 4 is 16.7 Å². The number of hydrogen-bond donors (Lipinski definition) is 2. The first-order valence-electron chi connectivity index (χ1n) is 9.45. The molecule has 2 aromatic rings. The topological polar surface area (TPSA) is 68.2 Å². The lowest BCUT2D eigenvalue weighted by Crippen LogP contribution is -2.40. The van der Waals surface area contributed by atoms with Gasteiger partial charge < -0.3 is 14.8 Å². The largest absolute Gasteiger partial charge is 0.475 e. The smallest absolute Gasteiger partial charge is 0.230 e. The summed E-state index contributed by atoms with van der Waals surface area (Å²) in [7, 11) is 0.547. The number of hydrogen-bond acceptors (Lipinski definition) is 4. The van der Waals surface area contributed by atoms with Gasteiger partial charge >= 0.3 is 0 Å². The molecule has 0 fully saturated rings. The van der Waals surface area contributed by atoms with Crippen LogP contribution in [0.3, 0.4) is 0 Å². The van der Waals surface area contributed by atoms with Crippen LogP contribution >= 0.6 is 0 Å². The predicted octanol–water partition coefficient (Wildman–Crippen LogP) is 1.98. The molecule has 2 unspecified atom stereocenters. The fourth-order valence-corrected chi connectivity index (χ4v) is 5.47. The van der Waals surface area contributed by atoms with E-state index in [9.17, 15) is 4.21 Å². The van der Waals surface area contributed by atoms with Crippen LogP contribution in [-0.4, -0.2) is 33.7 Å². The summed E-state index contributed by atoms with van der Waals surface area (Å²) in [6.45, 7) is 1.31. The molecular weight excluding hydrogens is 348 g/mol. The average Bonchev–Trinajstić information content (AvgIpc) is 3.39. The molecule has 1 aromatic carbocycles. The van der Waals surface area contributed by atoms with E-state index in [0.29, 0.717) is 17.4 Å². The van der Waals surface area contributed by atoms with Crippen LogP contribution in [0.5, 0.6) is 5.88 Å². The highest BCUT2D eigenvalue weighted by molar-refractivity contribution is 7.86. The van der Waals surface area contributed by atoms with Gasteiger partial charge in [0.15, 0.2) is 11.0 Å². The number of ether oxygens (including phenoxy) is 1. The highest BCUT2D eigenvalue weighted by Gasteiger charge is 2.28. The monoisotopic (exact) mass is 372 g/mol. The second kappa shape index (κ2) is 6.39. The van der Waals surface area contributed by atoms with Crippen LogP contribution in [0.25, 0.3) is 0 Å². The summed E-state index contributed by atoms with van der Waals surface area (Å²) in [5.74, 6) is 0.631. The summed E-state index contributed by atoms with van der Waals surface area (Å²) in [5, 5.41) is 7.58. The molecular formula is C19H24N4O2S. The molecule has 0 spiro atoms. The van der Waals surface area contributed by atoms with Gasteiger partial charge in [-0.1, -0.05) is 6.07 Å². The van der Waals surface area contributed by atoms with E-state index in [0.717, 1.165) is 37.9 Å². The van der Waals surface area contributed by atoms with Gasteiger partial charge in [0, 0.05) is 0 Å². The van der Waals surface area contributed by atoms with E-state index in [1.54, 1.807) is 10.9 Å². The molecule has 1 aromatic heterocycles. The summed E-state index contributed by atoms with van der Waals surface area (Å²) in [5.41, 5.74) is 6.74. The van der Waals surface area contributed by atoms with Crippen molar-refractivity contribution in [3.63, 3.8) is 0 Å². The van der Waals surface area contributed by atoms with Gasteiger partial charge in [0.25, 0.3) is 0 Å². The average molecular weight is 372 g/mol. The van der Waals surface area contributed by atoms with E-state index >= 15 is 0 Å². The Labute approximate surface area is 155 Å². The minimum absolute atomic E-state index is 0.234. The summed E-state index contributed by atoms with van der Waals surface area (Å²) >= 11 is 0. The number of fused-ring (bicyclic) bond motifs is 3. The van der Waals surface area contributed by atoms with Crippen molar-refractivity contribution in [2.75, 3.05) is 18.4 Å². The van der Waals surface area contributed by atoms with Gasteiger partial charge in [0.1, 0.15) is 11.5 Å². The van der Waals surface area contributed by atoms with Crippen molar-refractivity contribution in [2.45, 2.75) is 56.0 Å². The van der Waals surface area contributed by atoms with E-state index in [2.05, 4.69) is 21.2 Å². The highest BCUT2D eigenvalue weighted by atomic mass is 32.2. The van der Waals surface area contributed by atoms with Crippen molar-refractivity contribution < 1.29 is 8.95 Å². The maximum atomic E-state index is 13.1. The number of rotatable bonds is 4. The van der Waals surface area contributed by atoms with Gasteiger partial charge in [-0.25, -0.2) is 8.89 Å². The van der Waals surface area contributed by atoms with Gasteiger partial charge in [0.05, 0.1) is 24.5 Å². The lowest BCUT2D eigenvalue weighted by Gasteiger charge is -2.24. The quantitative estimate of drug-likeness (QED) is 0.861. The van der Waals surface area contributed by atoms with Crippen LogP contribution in [0.1, 0.15) is 35.1 Å². The van der Waals surface area contributed by atoms with Crippen LogP contribution in [0.15, 0.2) is 17.2 Å². The standard InChI is InChI=1S/C19H24N4O2S/c1-20-14-10-23-19(25-11-14)17(9-21-23)26(24)22-18-15-6-2-4-12(15)8-13-5-3-7-16(13)18/h8-9,14,20,22H,2-7,10-11H2,1H3. The summed E-state index contributed by atoms with van der Waals surface area (Å²) in [4.78, 5) is 0.641. The van der Waals surface area contributed by atoms with Crippen molar-refractivity contribution in [1.29, 1.82) is 0 Å². The molecule has 138 valence electrons. The molecule has 2 N–H and O–H groups in total. The van der Waals surface area contributed by atoms with Crippen molar-refractivity contribution in [1.82, 2.24) is 15.1 Å². The first-order valence-corrected chi connectivity index (χ1v) is 10.6. The Morgan fingerprint density at radius 3 is 2.62 bits per heavy atom. The molecule has 0 saturated heterocycles. The maximum Gasteiger partial charge on any atom is 0.230 e. The Morgan fingerprint density at radius 2 is 1.92 bits per heavy atom. The SMILES string of the molecule is CNC1COc2c(S(=O)Nc3c4c(cc5c3CCC5)CCC4)cnn2C1. The number of nitrogens with zero attached hydrogens (tertiary/aromatic N) is 2. The van der Waals surface area contributed by atoms with Crippen LogP contribution in [-0.2, 0) is 43.2 Å². The summed E-state index contributed by atoms with van der Waals surface area (Å²) in [6, 6.07) is 2.62. The molecule has 1 aliphatic heterocycles. The first kappa shape index (κ1) is 16.3. The van der Waals surface area contributed by atoms with Crippen LogP contribution < -0.4 is 14.8 Å². The normalized spacial score (nSPS) is 21.7. The third kappa shape index (κ3) is 2.56. The van der Waals surface area contributed by atoms with Crippen LogP contribution in [0, 0.1) is 0 Å². The van der Waals surface area contributed by atoms with Gasteiger partial charge in [-0.15, -0.1) is 0 Å². The van der Waals surface area contributed by atoms with Crippen molar-refractivity contribution in [3.8, 4) is 5.88 Å². The Kier molecular flexibility index (Phi) is 4.01. The minimum Gasteiger partial charge on any atom is -0.475 e. The fraction of sp³-hybridized carbons (Fsp3) is 0.526. The third-order valence-electron chi connectivity index (χ3n) is 5.85. The molecule has 2 heterocycles. The number of aromatic nitrogens is 2. The van der Waals surface area contributed by atoms with E-state index < -0.39 is 11.0 Å². The molecule has 5 rings (SSSR count). The highest BCUT2D eigenvalue weighted by Crippen LogP contribution is 2.39. The molecule has 2 atom stereocenters. The Bertz CT molecular complexity index is 860. The third-order valence-corrected chi connectivity index (χ3v) is 6.92. The molecule has 6 nitrogen and oxygen atoms in total. The second-order valence-electron chi connectivity index (χ2n) is 7.40. The Hall–Kier alpha value is -1.86. The predicted molar refractivity (Wildman–Crippen MR) is 101 cm³/mol. The number of benzene rings is 1. The molecule has 26 heavy (non-hydrogen) atoms. The fourth-order valence-electron chi connectivity index (χ4n) is 4.46. The van der Waals surface area contributed by atoms with Gasteiger partial charge in [-0.3, -0.25) is 0 Å². The number of aryl methyl sites for hydroxylation is 2. The number of nitrogens with one attached hydrogen (secondary N) is 2. The second-order valence-corrected chi connectivity index (χ2v) is 8.58. The maximum absolute atomic E-state index is 13.1. The van der Waals surface area contributed by atoms with Gasteiger partial charge in [-0.05, 0) is 67.8 Å². The summed E-state index contributed by atoms with van der Waals surface area (Å²) in [6.07, 6.45) is 8.50. The van der Waals surface area contributed by atoms with Crippen molar-refractivity contribution in [3.05, 3.63) is 34.5 Å². The molecule has 0 radical (unpaired) electrons. The van der Waals surface area contributed by atoms with Crippen LogP contribution in [0.2, 0.25) is 0 Å². The van der Waals surface area contributed by atoms with E-state index in [-0.39, 0.29) is 6.04 Å². The summed E-state index contributed by atoms with van der Waals surface area (Å²) < 4.78 is 24.1. The van der Waals surface area contributed by atoms with E-state index in [4.69, 9.17) is 4.74 Å².